The molecule has 0 spiro atoms. The summed E-state index contributed by atoms with van der Waals surface area (Å²) in [6, 6.07) is 18.0. The Morgan fingerprint density at radius 1 is 1.06 bits per heavy atom. The van der Waals surface area contributed by atoms with Crippen molar-refractivity contribution in [1.29, 1.82) is 0 Å². The summed E-state index contributed by atoms with van der Waals surface area (Å²) < 4.78 is 36.1. The summed E-state index contributed by atoms with van der Waals surface area (Å²) in [5.74, 6) is 0.370. The first-order valence-corrected chi connectivity index (χ1v) is 13.4. The maximum absolute atomic E-state index is 12.6. The number of nitrogens with one attached hydrogen (secondary N) is 1. The number of nitrogens with zero attached hydrogens (tertiary/aromatic N) is 2. The summed E-state index contributed by atoms with van der Waals surface area (Å²) in [7, 11) is -4.00. The van der Waals surface area contributed by atoms with E-state index < -0.39 is 10.1 Å². The zero-order valence-electron chi connectivity index (χ0n) is 18.3. The van der Waals surface area contributed by atoms with E-state index in [-0.39, 0.29) is 16.4 Å². The number of rotatable bonds is 9. The average Bonchev–Trinajstić information content (AvgIpc) is 3.30. The molecule has 35 heavy (non-hydrogen) atoms. The van der Waals surface area contributed by atoms with Crippen LogP contribution in [0.4, 0.5) is 5.13 Å². The Bertz CT molecular complexity index is 1460. The van der Waals surface area contributed by atoms with Crippen molar-refractivity contribution in [2.75, 3.05) is 12.0 Å². The van der Waals surface area contributed by atoms with Crippen LogP contribution in [0, 0.1) is 0 Å². The van der Waals surface area contributed by atoms with E-state index in [0.29, 0.717) is 33.0 Å². The van der Waals surface area contributed by atoms with E-state index >= 15 is 0 Å². The topological polar surface area (TPSA) is 89.9 Å². The second kappa shape index (κ2) is 11.1. The second-order valence-electron chi connectivity index (χ2n) is 7.02. The van der Waals surface area contributed by atoms with Crippen molar-refractivity contribution in [3.05, 3.63) is 87.7 Å². The molecule has 0 saturated heterocycles. The fourth-order valence-corrected chi connectivity index (χ4v) is 5.13. The number of thiazole rings is 1. The van der Waals surface area contributed by atoms with Crippen molar-refractivity contribution in [3.8, 4) is 22.8 Å². The maximum atomic E-state index is 12.6. The van der Waals surface area contributed by atoms with E-state index in [9.17, 15) is 8.42 Å². The second-order valence-corrected chi connectivity index (χ2v) is 10.3. The quantitative estimate of drug-likeness (QED) is 0.142. The Morgan fingerprint density at radius 3 is 2.60 bits per heavy atom. The van der Waals surface area contributed by atoms with Crippen LogP contribution in [0.3, 0.4) is 0 Å². The molecule has 11 heteroatoms. The minimum absolute atomic E-state index is 0.0555. The lowest BCUT2D eigenvalue weighted by molar-refractivity contribution is 0.327. The van der Waals surface area contributed by atoms with Gasteiger partial charge in [-0.3, -0.25) is 5.43 Å². The predicted molar refractivity (Wildman–Crippen MR) is 141 cm³/mol. The molecular formula is C24H19Cl2N3O4S2. The first-order valence-electron chi connectivity index (χ1n) is 10.3. The van der Waals surface area contributed by atoms with Crippen LogP contribution >= 0.6 is 34.5 Å². The van der Waals surface area contributed by atoms with Gasteiger partial charge in [-0.1, -0.05) is 41.4 Å². The van der Waals surface area contributed by atoms with Gasteiger partial charge in [-0.15, -0.1) is 11.3 Å². The van der Waals surface area contributed by atoms with Crippen LogP contribution in [-0.2, 0) is 10.1 Å². The standard InChI is InChI=1S/C24H19Cl2N3O4S2/c1-2-32-23-12-16(8-11-22(23)33-35(30,31)18-6-4-3-5-7-18)14-27-29-24-28-21(15-34-24)19-10-9-17(25)13-20(19)26/h3-15H,2H2,1H3,(H,28,29). The molecule has 3 aromatic carbocycles. The average molecular weight is 548 g/mol. The van der Waals surface area contributed by atoms with Gasteiger partial charge in [0.25, 0.3) is 0 Å². The molecule has 0 radical (unpaired) electrons. The number of hydrogen-bond donors (Lipinski definition) is 1. The number of hydrazone groups is 1. The molecule has 180 valence electrons. The third kappa shape index (κ3) is 6.32. The fourth-order valence-electron chi connectivity index (χ4n) is 3.00. The third-order valence-electron chi connectivity index (χ3n) is 4.58. The van der Waals surface area contributed by atoms with Gasteiger partial charge in [0.05, 0.1) is 23.5 Å². The van der Waals surface area contributed by atoms with Crippen molar-refractivity contribution >= 4 is 56.0 Å². The number of aromatic nitrogens is 1. The van der Waals surface area contributed by atoms with Gasteiger partial charge in [-0.2, -0.15) is 13.5 Å². The Labute approximate surface area is 217 Å². The highest BCUT2D eigenvalue weighted by Crippen LogP contribution is 2.33. The highest BCUT2D eigenvalue weighted by Gasteiger charge is 2.19. The van der Waals surface area contributed by atoms with Crippen molar-refractivity contribution in [2.45, 2.75) is 11.8 Å². The molecule has 0 bridgehead atoms. The molecule has 0 unspecified atom stereocenters. The lowest BCUT2D eigenvalue weighted by Gasteiger charge is -2.12. The molecule has 0 amide bonds. The summed E-state index contributed by atoms with van der Waals surface area (Å²) in [5, 5.41) is 7.71. The summed E-state index contributed by atoms with van der Waals surface area (Å²) in [6.07, 6.45) is 1.56. The lowest BCUT2D eigenvalue weighted by Crippen LogP contribution is -2.10. The smallest absolute Gasteiger partial charge is 0.339 e. The van der Waals surface area contributed by atoms with Gasteiger partial charge in [-0.25, -0.2) is 4.98 Å². The SMILES string of the molecule is CCOc1cc(C=NNc2nc(-c3ccc(Cl)cc3Cl)cs2)ccc1OS(=O)(=O)c1ccccc1. The molecule has 1 N–H and O–H groups in total. The maximum Gasteiger partial charge on any atom is 0.339 e. The summed E-state index contributed by atoms with van der Waals surface area (Å²) in [6.45, 7) is 2.13. The van der Waals surface area contributed by atoms with E-state index in [0.717, 1.165) is 5.56 Å². The van der Waals surface area contributed by atoms with Crippen molar-refractivity contribution in [1.82, 2.24) is 4.98 Å². The van der Waals surface area contributed by atoms with Crippen LogP contribution < -0.4 is 14.3 Å². The van der Waals surface area contributed by atoms with Crippen molar-refractivity contribution in [3.63, 3.8) is 0 Å². The number of anilines is 1. The van der Waals surface area contributed by atoms with E-state index in [4.69, 9.17) is 32.1 Å². The fraction of sp³-hybridized carbons (Fsp3) is 0.0833. The van der Waals surface area contributed by atoms with Crippen LogP contribution in [0.1, 0.15) is 12.5 Å². The van der Waals surface area contributed by atoms with Crippen LogP contribution in [0.25, 0.3) is 11.3 Å². The van der Waals surface area contributed by atoms with E-state index in [1.807, 2.05) is 11.4 Å². The van der Waals surface area contributed by atoms with Gasteiger partial charge >= 0.3 is 10.1 Å². The molecule has 0 aliphatic heterocycles. The molecule has 4 rings (SSSR count). The lowest BCUT2D eigenvalue weighted by atomic mass is 10.2. The highest BCUT2D eigenvalue weighted by molar-refractivity contribution is 7.87. The van der Waals surface area contributed by atoms with E-state index in [1.54, 1.807) is 55.6 Å². The van der Waals surface area contributed by atoms with Gasteiger partial charge in [0.15, 0.2) is 11.5 Å². The van der Waals surface area contributed by atoms with Gasteiger partial charge in [0, 0.05) is 16.0 Å². The van der Waals surface area contributed by atoms with Gasteiger partial charge in [-0.05, 0) is 61.0 Å². The third-order valence-corrected chi connectivity index (χ3v) is 7.13. The van der Waals surface area contributed by atoms with Crippen LogP contribution in [0.5, 0.6) is 11.5 Å². The summed E-state index contributed by atoms with van der Waals surface area (Å²) in [5.41, 5.74) is 5.02. The Balaban J connectivity index is 1.47. The highest BCUT2D eigenvalue weighted by atomic mass is 35.5. The summed E-state index contributed by atoms with van der Waals surface area (Å²) >= 11 is 13.6. The largest absolute Gasteiger partial charge is 0.490 e. The van der Waals surface area contributed by atoms with Crippen LogP contribution in [0.15, 0.2) is 82.1 Å². The Kier molecular flexibility index (Phi) is 7.92. The zero-order chi connectivity index (χ0) is 24.8. The first-order chi connectivity index (χ1) is 16.9. The molecule has 1 aromatic heterocycles. The van der Waals surface area contributed by atoms with Crippen LogP contribution in [-0.4, -0.2) is 26.2 Å². The number of benzene rings is 3. The van der Waals surface area contributed by atoms with E-state index in [1.165, 1.54) is 29.5 Å². The molecule has 0 fully saturated rings. The number of ether oxygens (including phenoxy) is 1. The minimum Gasteiger partial charge on any atom is -0.490 e. The Morgan fingerprint density at radius 2 is 1.86 bits per heavy atom. The molecule has 1 heterocycles. The predicted octanol–water partition coefficient (Wildman–Crippen LogP) is 6.73. The normalized spacial score (nSPS) is 11.5. The van der Waals surface area contributed by atoms with Gasteiger partial charge in [0.1, 0.15) is 4.90 Å². The number of hydrogen-bond acceptors (Lipinski definition) is 8. The van der Waals surface area contributed by atoms with Crippen molar-refractivity contribution < 1.29 is 17.3 Å². The zero-order valence-corrected chi connectivity index (χ0v) is 21.5. The minimum atomic E-state index is -4.00. The molecule has 4 aromatic rings. The Hall–Kier alpha value is -3.11. The molecular weight excluding hydrogens is 529 g/mol. The molecule has 0 aliphatic rings. The van der Waals surface area contributed by atoms with Gasteiger partial charge < -0.3 is 8.92 Å². The molecule has 0 atom stereocenters. The number of halogens is 2. The molecule has 0 saturated carbocycles. The van der Waals surface area contributed by atoms with Crippen LogP contribution in [0.2, 0.25) is 10.0 Å². The van der Waals surface area contributed by atoms with Crippen molar-refractivity contribution in [2.24, 2.45) is 5.10 Å². The summed E-state index contributed by atoms with van der Waals surface area (Å²) in [4.78, 5) is 4.54. The molecule has 0 aliphatic carbocycles. The van der Waals surface area contributed by atoms with E-state index in [2.05, 4.69) is 15.5 Å². The van der Waals surface area contributed by atoms with Gasteiger partial charge in [0.2, 0.25) is 5.13 Å². The monoisotopic (exact) mass is 547 g/mol. The first kappa shape index (κ1) is 25.0. The molecule has 7 nitrogen and oxygen atoms in total.